The van der Waals surface area contributed by atoms with Gasteiger partial charge in [0, 0.05) is 23.8 Å². The fraction of sp³-hybridized carbons (Fsp3) is 0.133. The molecule has 102 valence electrons. The molecule has 0 aliphatic carbocycles. The van der Waals surface area contributed by atoms with Gasteiger partial charge in [-0.25, -0.2) is 0 Å². The average Bonchev–Trinajstić information content (AvgIpc) is 2.81. The molecule has 1 heterocycles. The van der Waals surface area contributed by atoms with Crippen molar-refractivity contribution in [1.82, 2.24) is 0 Å². The van der Waals surface area contributed by atoms with Gasteiger partial charge >= 0.3 is 0 Å². The number of benzene rings is 2. The van der Waals surface area contributed by atoms with E-state index in [0.29, 0.717) is 17.1 Å². The van der Waals surface area contributed by atoms with Crippen LogP contribution in [-0.2, 0) is 13.1 Å². The first-order valence-corrected chi connectivity index (χ1v) is 6.64. The van der Waals surface area contributed by atoms with Crippen molar-refractivity contribution < 1.29 is 4.79 Å². The minimum Gasteiger partial charge on any atom is -0.399 e. The van der Waals surface area contributed by atoms with Crippen molar-refractivity contribution in [3.63, 3.8) is 0 Å². The number of fused-ring (bicyclic) bond motifs is 1. The van der Waals surface area contributed by atoms with Crippen LogP contribution in [0.25, 0.3) is 0 Å². The van der Waals surface area contributed by atoms with E-state index in [0.717, 1.165) is 17.9 Å². The molecule has 2 aromatic carbocycles. The molecule has 0 saturated heterocycles. The molecule has 0 bridgehead atoms. The van der Waals surface area contributed by atoms with Crippen LogP contribution in [-0.4, -0.2) is 5.91 Å². The zero-order valence-electron chi connectivity index (χ0n) is 10.8. The number of carbonyl (C=O) groups excluding carboxylic acids is 1. The Balaban J connectivity index is 2.00. The average molecular weight is 288 g/mol. The topological polar surface area (TPSA) is 72.4 Å². The maximum Gasteiger partial charge on any atom is 0.250 e. The predicted molar refractivity (Wildman–Crippen MR) is 80.7 cm³/mol. The van der Waals surface area contributed by atoms with Gasteiger partial charge in [0.2, 0.25) is 0 Å². The van der Waals surface area contributed by atoms with E-state index < -0.39 is 5.91 Å². The highest BCUT2D eigenvalue weighted by molar-refractivity contribution is 6.31. The lowest BCUT2D eigenvalue weighted by molar-refractivity contribution is 0.100. The molecule has 4 nitrogen and oxygen atoms in total. The van der Waals surface area contributed by atoms with Crippen LogP contribution in [0.3, 0.4) is 0 Å². The Morgan fingerprint density at radius 2 is 1.85 bits per heavy atom. The lowest BCUT2D eigenvalue weighted by Gasteiger charge is -2.20. The van der Waals surface area contributed by atoms with Crippen molar-refractivity contribution in [2.24, 2.45) is 5.73 Å². The third-order valence-electron chi connectivity index (χ3n) is 3.52. The molecule has 0 saturated carbocycles. The van der Waals surface area contributed by atoms with Gasteiger partial charge in [-0.2, -0.15) is 0 Å². The summed E-state index contributed by atoms with van der Waals surface area (Å²) in [6.07, 6.45) is 0. The van der Waals surface area contributed by atoms with Crippen molar-refractivity contribution in [3.05, 3.63) is 58.1 Å². The Morgan fingerprint density at radius 1 is 1.10 bits per heavy atom. The van der Waals surface area contributed by atoms with Crippen LogP contribution in [0, 0.1) is 0 Å². The summed E-state index contributed by atoms with van der Waals surface area (Å²) < 4.78 is 0. The van der Waals surface area contributed by atoms with E-state index in [1.54, 1.807) is 18.2 Å². The first-order valence-electron chi connectivity index (χ1n) is 6.26. The summed E-state index contributed by atoms with van der Waals surface area (Å²) in [4.78, 5) is 13.6. The van der Waals surface area contributed by atoms with Crippen LogP contribution in [0.2, 0.25) is 5.02 Å². The molecule has 20 heavy (non-hydrogen) atoms. The number of nitrogens with two attached hydrogens (primary N) is 2. The Morgan fingerprint density at radius 3 is 2.60 bits per heavy atom. The second-order valence-electron chi connectivity index (χ2n) is 4.91. The maximum atomic E-state index is 11.5. The van der Waals surface area contributed by atoms with E-state index >= 15 is 0 Å². The molecule has 5 heteroatoms. The van der Waals surface area contributed by atoms with Gasteiger partial charge in [-0.05, 0) is 41.5 Å². The van der Waals surface area contributed by atoms with Crippen LogP contribution < -0.4 is 16.4 Å². The lowest BCUT2D eigenvalue weighted by Crippen LogP contribution is -2.21. The van der Waals surface area contributed by atoms with E-state index in [4.69, 9.17) is 23.1 Å². The standard InChI is InChI=1S/C15H14ClN3O/c16-11-2-4-13(15(18)20)14(6-11)19-7-9-1-3-12(17)5-10(9)8-19/h1-6H,7-8,17H2,(H2,18,20). The number of primary amides is 1. The Labute approximate surface area is 121 Å². The highest BCUT2D eigenvalue weighted by Crippen LogP contribution is 2.33. The van der Waals surface area contributed by atoms with Crippen LogP contribution >= 0.6 is 11.6 Å². The number of hydrogen-bond donors (Lipinski definition) is 2. The second-order valence-corrected chi connectivity index (χ2v) is 5.35. The molecular formula is C15H14ClN3O. The van der Waals surface area contributed by atoms with E-state index in [1.165, 1.54) is 11.1 Å². The fourth-order valence-corrected chi connectivity index (χ4v) is 2.73. The zero-order valence-corrected chi connectivity index (χ0v) is 11.5. The van der Waals surface area contributed by atoms with E-state index in [1.807, 2.05) is 18.2 Å². The lowest BCUT2D eigenvalue weighted by atomic mass is 10.1. The summed E-state index contributed by atoms with van der Waals surface area (Å²) in [7, 11) is 0. The molecule has 1 amide bonds. The molecule has 4 N–H and O–H groups in total. The summed E-state index contributed by atoms with van der Waals surface area (Å²) in [5.41, 5.74) is 15.6. The summed E-state index contributed by atoms with van der Waals surface area (Å²) in [5, 5.41) is 0.584. The number of hydrogen-bond acceptors (Lipinski definition) is 3. The van der Waals surface area contributed by atoms with Gasteiger partial charge in [0.05, 0.1) is 11.3 Å². The summed E-state index contributed by atoms with van der Waals surface area (Å²) in [6.45, 7) is 1.41. The van der Waals surface area contributed by atoms with Gasteiger partial charge in [-0.1, -0.05) is 17.7 Å². The van der Waals surface area contributed by atoms with Crippen molar-refractivity contribution in [1.29, 1.82) is 0 Å². The molecule has 2 aromatic rings. The molecule has 0 aromatic heterocycles. The van der Waals surface area contributed by atoms with Crippen LogP contribution in [0.1, 0.15) is 21.5 Å². The smallest absolute Gasteiger partial charge is 0.250 e. The van der Waals surface area contributed by atoms with Gasteiger partial charge in [0.15, 0.2) is 0 Å². The molecule has 0 atom stereocenters. The molecule has 0 radical (unpaired) electrons. The van der Waals surface area contributed by atoms with Crippen molar-refractivity contribution in [2.45, 2.75) is 13.1 Å². The number of anilines is 2. The number of nitrogens with zero attached hydrogens (tertiary/aromatic N) is 1. The number of carbonyl (C=O) groups is 1. The molecule has 1 aliphatic heterocycles. The number of halogens is 1. The maximum absolute atomic E-state index is 11.5. The minimum atomic E-state index is -0.452. The van der Waals surface area contributed by atoms with Crippen LogP contribution in [0.5, 0.6) is 0 Å². The van der Waals surface area contributed by atoms with Crippen LogP contribution in [0.15, 0.2) is 36.4 Å². The number of amides is 1. The van der Waals surface area contributed by atoms with Gasteiger partial charge in [-0.3, -0.25) is 4.79 Å². The fourth-order valence-electron chi connectivity index (χ4n) is 2.56. The summed E-state index contributed by atoms with van der Waals surface area (Å²) in [6, 6.07) is 11.0. The molecule has 0 fully saturated rings. The number of nitrogen functional groups attached to an aromatic ring is 1. The summed E-state index contributed by atoms with van der Waals surface area (Å²) in [5.74, 6) is -0.452. The zero-order chi connectivity index (χ0) is 14.3. The van der Waals surface area contributed by atoms with Gasteiger partial charge in [0.1, 0.15) is 0 Å². The summed E-state index contributed by atoms with van der Waals surface area (Å²) >= 11 is 6.04. The second kappa shape index (κ2) is 4.72. The third kappa shape index (κ3) is 2.18. The van der Waals surface area contributed by atoms with Crippen molar-refractivity contribution in [2.75, 3.05) is 10.6 Å². The third-order valence-corrected chi connectivity index (χ3v) is 3.75. The minimum absolute atomic E-state index is 0.452. The van der Waals surface area contributed by atoms with Gasteiger partial charge < -0.3 is 16.4 Å². The highest BCUT2D eigenvalue weighted by Gasteiger charge is 2.23. The SMILES string of the molecule is NC(=O)c1ccc(Cl)cc1N1Cc2ccc(N)cc2C1. The van der Waals surface area contributed by atoms with E-state index in [9.17, 15) is 4.79 Å². The van der Waals surface area contributed by atoms with Crippen molar-refractivity contribution in [3.8, 4) is 0 Å². The largest absolute Gasteiger partial charge is 0.399 e. The Kier molecular flexibility index (Phi) is 3.03. The highest BCUT2D eigenvalue weighted by atomic mass is 35.5. The predicted octanol–water partition coefficient (Wildman–Crippen LogP) is 2.54. The van der Waals surface area contributed by atoms with E-state index in [-0.39, 0.29) is 0 Å². The van der Waals surface area contributed by atoms with Gasteiger partial charge in [0.25, 0.3) is 5.91 Å². The Hall–Kier alpha value is -2.20. The quantitative estimate of drug-likeness (QED) is 0.834. The monoisotopic (exact) mass is 287 g/mol. The number of rotatable bonds is 2. The molecule has 3 rings (SSSR count). The van der Waals surface area contributed by atoms with E-state index in [2.05, 4.69) is 4.90 Å². The first-order chi connectivity index (χ1) is 9.54. The first kappa shape index (κ1) is 12.8. The molecule has 0 spiro atoms. The Bertz CT molecular complexity index is 700. The van der Waals surface area contributed by atoms with Gasteiger partial charge in [-0.15, -0.1) is 0 Å². The molecule has 1 aliphatic rings. The normalized spacial score (nSPS) is 13.3. The molecule has 0 unspecified atom stereocenters. The van der Waals surface area contributed by atoms with Crippen LogP contribution in [0.4, 0.5) is 11.4 Å². The van der Waals surface area contributed by atoms with Crippen molar-refractivity contribution >= 4 is 28.9 Å². The molecular weight excluding hydrogens is 274 g/mol.